The summed E-state index contributed by atoms with van der Waals surface area (Å²) >= 11 is 6.53. The minimum absolute atomic E-state index is 0.636. The van der Waals surface area contributed by atoms with Crippen molar-refractivity contribution < 1.29 is 4.74 Å². The van der Waals surface area contributed by atoms with Gasteiger partial charge in [-0.2, -0.15) is 0 Å². The van der Waals surface area contributed by atoms with Gasteiger partial charge in [0.05, 0.1) is 12.6 Å². The van der Waals surface area contributed by atoms with Crippen LogP contribution >= 0.6 is 11.6 Å². The molecule has 0 radical (unpaired) electrons. The van der Waals surface area contributed by atoms with E-state index < -0.39 is 0 Å². The van der Waals surface area contributed by atoms with Crippen molar-refractivity contribution in [2.75, 3.05) is 7.11 Å². The van der Waals surface area contributed by atoms with Crippen molar-refractivity contribution in [2.45, 2.75) is 32.0 Å². The van der Waals surface area contributed by atoms with E-state index in [0.29, 0.717) is 6.04 Å². The van der Waals surface area contributed by atoms with Crippen molar-refractivity contribution in [2.24, 2.45) is 0 Å². The lowest BCUT2D eigenvalue weighted by Gasteiger charge is -2.23. The van der Waals surface area contributed by atoms with Crippen LogP contribution in [0.25, 0.3) is 10.9 Å². The fourth-order valence-corrected chi connectivity index (χ4v) is 3.47. The highest BCUT2D eigenvalue weighted by molar-refractivity contribution is 6.32. The molecular weight excluding hydrogens is 332 g/mol. The number of ether oxygens (including phenoxy) is 1. The maximum Gasteiger partial charge on any atom is 0.118 e. The number of pyridine rings is 1. The average molecular weight is 353 g/mol. The van der Waals surface area contributed by atoms with E-state index in [2.05, 4.69) is 28.1 Å². The lowest BCUT2D eigenvalue weighted by atomic mass is 10.1. The Morgan fingerprint density at radius 3 is 2.60 bits per heavy atom. The molecule has 1 saturated carbocycles. The molecule has 4 heteroatoms. The van der Waals surface area contributed by atoms with Crippen LogP contribution in [-0.4, -0.2) is 23.0 Å². The number of methoxy groups -OCH3 is 1. The Bertz CT molecular complexity index is 875. The highest BCUT2D eigenvalue weighted by atomic mass is 35.5. The first-order chi connectivity index (χ1) is 12.2. The molecule has 1 heterocycles. The van der Waals surface area contributed by atoms with Gasteiger partial charge in [-0.1, -0.05) is 35.9 Å². The summed E-state index contributed by atoms with van der Waals surface area (Å²) in [7, 11) is 1.70. The second-order valence-corrected chi connectivity index (χ2v) is 6.99. The van der Waals surface area contributed by atoms with Crippen LogP contribution in [0.2, 0.25) is 5.02 Å². The van der Waals surface area contributed by atoms with Crippen LogP contribution in [0.15, 0.2) is 54.7 Å². The van der Waals surface area contributed by atoms with Crippen molar-refractivity contribution in [1.29, 1.82) is 0 Å². The van der Waals surface area contributed by atoms with E-state index in [0.717, 1.165) is 40.3 Å². The summed E-state index contributed by atoms with van der Waals surface area (Å²) in [5, 5.41) is 1.94. The molecule has 25 heavy (non-hydrogen) atoms. The van der Waals surface area contributed by atoms with E-state index in [4.69, 9.17) is 16.3 Å². The maximum atomic E-state index is 6.53. The van der Waals surface area contributed by atoms with E-state index in [9.17, 15) is 0 Å². The molecular formula is C21H21ClN2O. The molecule has 0 bridgehead atoms. The summed E-state index contributed by atoms with van der Waals surface area (Å²) in [4.78, 5) is 7.09. The lowest BCUT2D eigenvalue weighted by molar-refractivity contribution is 0.246. The molecule has 3 aromatic rings. The van der Waals surface area contributed by atoms with E-state index in [1.54, 1.807) is 7.11 Å². The third-order valence-electron chi connectivity index (χ3n) is 4.79. The fourth-order valence-electron chi connectivity index (χ4n) is 3.25. The van der Waals surface area contributed by atoms with Crippen molar-refractivity contribution in [3.8, 4) is 5.75 Å². The first-order valence-electron chi connectivity index (χ1n) is 8.63. The highest BCUT2D eigenvalue weighted by Gasteiger charge is 2.29. The van der Waals surface area contributed by atoms with Crippen LogP contribution in [0.5, 0.6) is 5.75 Å². The number of halogens is 1. The predicted molar refractivity (Wildman–Crippen MR) is 102 cm³/mol. The van der Waals surface area contributed by atoms with E-state index in [1.807, 2.05) is 36.5 Å². The van der Waals surface area contributed by atoms with Gasteiger partial charge in [0.25, 0.3) is 0 Å². The molecule has 0 unspecified atom stereocenters. The summed E-state index contributed by atoms with van der Waals surface area (Å²) in [6.07, 6.45) is 4.35. The fraction of sp³-hybridized carbons (Fsp3) is 0.286. The summed E-state index contributed by atoms with van der Waals surface area (Å²) in [6, 6.07) is 17.0. The summed E-state index contributed by atoms with van der Waals surface area (Å²) < 4.78 is 5.25. The van der Waals surface area contributed by atoms with E-state index in [-0.39, 0.29) is 0 Å². The number of benzene rings is 2. The molecule has 0 saturated heterocycles. The first kappa shape index (κ1) is 16.4. The molecule has 1 aliphatic rings. The highest BCUT2D eigenvalue weighted by Crippen LogP contribution is 2.33. The van der Waals surface area contributed by atoms with Crippen LogP contribution in [0.4, 0.5) is 0 Å². The van der Waals surface area contributed by atoms with Gasteiger partial charge in [-0.3, -0.25) is 9.88 Å². The quantitative estimate of drug-likeness (QED) is 0.620. The van der Waals surface area contributed by atoms with Gasteiger partial charge >= 0.3 is 0 Å². The molecule has 0 aliphatic heterocycles. The van der Waals surface area contributed by atoms with Crippen molar-refractivity contribution >= 4 is 22.5 Å². The molecule has 1 aliphatic carbocycles. The number of hydrogen-bond acceptors (Lipinski definition) is 3. The van der Waals surface area contributed by atoms with Crippen LogP contribution in [0.3, 0.4) is 0 Å². The number of aromatic nitrogens is 1. The first-order valence-corrected chi connectivity index (χ1v) is 9.01. The smallest absolute Gasteiger partial charge is 0.118 e. The molecule has 1 fully saturated rings. The van der Waals surface area contributed by atoms with Crippen LogP contribution < -0.4 is 4.74 Å². The van der Waals surface area contributed by atoms with Crippen LogP contribution in [0.1, 0.15) is 24.0 Å². The zero-order valence-corrected chi connectivity index (χ0v) is 15.0. The number of fused-ring (bicyclic) bond motifs is 1. The minimum Gasteiger partial charge on any atom is -0.497 e. The Kier molecular flexibility index (Phi) is 4.60. The molecule has 2 aromatic carbocycles. The van der Waals surface area contributed by atoms with Gasteiger partial charge in [-0.05, 0) is 42.7 Å². The number of nitrogens with zero attached hydrogens (tertiary/aromatic N) is 2. The molecule has 3 nitrogen and oxygen atoms in total. The predicted octanol–water partition coefficient (Wildman–Crippen LogP) is 5.06. The van der Waals surface area contributed by atoms with Crippen molar-refractivity contribution in [1.82, 2.24) is 9.88 Å². The Morgan fingerprint density at radius 1 is 1.08 bits per heavy atom. The van der Waals surface area contributed by atoms with Gasteiger partial charge in [0.15, 0.2) is 0 Å². The molecule has 0 spiro atoms. The summed E-state index contributed by atoms with van der Waals surface area (Å²) in [6.45, 7) is 1.73. The molecule has 4 rings (SSSR count). The van der Waals surface area contributed by atoms with Gasteiger partial charge < -0.3 is 4.74 Å². The molecule has 128 valence electrons. The van der Waals surface area contributed by atoms with Gasteiger partial charge in [0.1, 0.15) is 5.75 Å². The van der Waals surface area contributed by atoms with Gasteiger partial charge in [-0.15, -0.1) is 0 Å². The molecule has 1 aromatic heterocycles. The molecule has 0 atom stereocenters. The Hall–Kier alpha value is -2.10. The van der Waals surface area contributed by atoms with Crippen molar-refractivity contribution in [3.05, 3.63) is 70.9 Å². The molecule has 0 N–H and O–H groups in total. The zero-order valence-electron chi connectivity index (χ0n) is 14.3. The van der Waals surface area contributed by atoms with Gasteiger partial charge in [0.2, 0.25) is 0 Å². The standard InChI is InChI=1S/C21H21ClN2O/c1-25-18-9-4-15(5-10-18)13-24(17-7-8-17)14-19-20(22)11-6-16-3-2-12-23-21(16)19/h2-6,9-12,17H,7-8,13-14H2,1H3. The number of rotatable bonds is 6. The number of hydrogen-bond donors (Lipinski definition) is 0. The molecule has 0 amide bonds. The van der Waals surface area contributed by atoms with Gasteiger partial charge in [0, 0.05) is 41.3 Å². The van der Waals surface area contributed by atoms with Crippen molar-refractivity contribution in [3.63, 3.8) is 0 Å². The Morgan fingerprint density at radius 2 is 1.88 bits per heavy atom. The largest absolute Gasteiger partial charge is 0.497 e. The Balaban J connectivity index is 1.61. The van der Waals surface area contributed by atoms with E-state index >= 15 is 0 Å². The normalized spacial score (nSPS) is 14.2. The second kappa shape index (κ2) is 7.03. The third kappa shape index (κ3) is 3.63. The van der Waals surface area contributed by atoms with Crippen LogP contribution in [-0.2, 0) is 13.1 Å². The second-order valence-electron chi connectivity index (χ2n) is 6.59. The monoisotopic (exact) mass is 352 g/mol. The average Bonchev–Trinajstić information content (AvgIpc) is 3.49. The lowest BCUT2D eigenvalue weighted by Crippen LogP contribution is -2.25. The van der Waals surface area contributed by atoms with Crippen LogP contribution in [0, 0.1) is 0 Å². The minimum atomic E-state index is 0.636. The summed E-state index contributed by atoms with van der Waals surface area (Å²) in [5.41, 5.74) is 3.42. The third-order valence-corrected chi connectivity index (χ3v) is 5.15. The zero-order chi connectivity index (χ0) is 17.2. The topological polar surface area (TPSA) is 25.4 Å². The van der Waals surface area contributed by atoms with Gasteiger partial charge in [-0.25, -0.2) is 0 Å². The summed E-state index contributed by atoms with van der Waals surface area (Å²) in [5.74, 6) is 0.892. The SMILES string of the molecule is COc1ccc(CN(Cc2c(Cl)ccc3cccnc23)C2CC2)cc1. The Labute approximate surface area is 153 Å². The van der Waals surface area contributed by atoms with E-state index in [1.165, 1.54) is 18.4 Å². The maximum absolute atomic E-state index is 6.53.